The van der Waals surface area contributed by atoms with Crippen LogP contribution in [0.25, 0.3) is 0 Å². The normalized spacial score (nSPS) is 33.9. The van der Waals surface area contributed by atoms with Gasteiger partial charge in [0.1, 0.15) is 0 Å². The average molecular weight is 223 g/mol. The highest BCUT2D eigenvalue weighted by Gasteiger charge is 2.29. The number of hydrogen-bond donors (Lipinski definition) is 0. The van der Waals surface area contributed by atoms with Crippen molar-refractivity contribution in [1.29, 1.82) is 0 Å². The average Bonchev–Trinajstić information content (AvgIpc) is 2.30. The molecule has 0 spiro atoms. The van der Waals surface area contributed by atoms with Gasteiger partial charge in [-0.25, -0.2) is 0 Å². The highest BCUT2D eigenvalue weighted by Crippen LogP contribution is 2.32. The maximum Gasteiger partial charge on any atom is 0.0125 e. The quantitative estimate of drug-likeness (QED) is 0.598. The van der Waals surface area contributed by atoms with Crippen molar-refractivity contribution in [2.45, 2.75) is 71.3 Å². The van der Waals surface area contributed by atoms with Gasteiger partial charge in [0.05, 0.1) is 0 Å². The molecule has 1 nitrogen and oxygen atoms in total. The third-order valence-electron chi connectivity index (χ3n) is 4.61. The Morgan fingerprint density at radius 3 is 1.62 bits per heavy atom. The van der Waals surface area contributed by atoms with E-state index in [2.05, 4.69) is 25.7 Å². The smallest absolute Gasteiger partial charge is 0.0125 e. The van der Waals surface area contributed by atoms with Crippen LogP contribution in [0.3, 0.4) is 0 Å². The molecule has 1 heteroatoms. The van der Waals surface area contributed by atoms with Crippen LogP contribution in [-0.4, -0.2) is 23.5 Å². The van der Waals surface area contributed by atoms with Crippen LogP contribution in [0.1, 0.15) is 65.7 Å². The Labute approximate surface area is 102 Å². The van der Waals surface area contributed by atoms with Gasteiger partial charge in [0.25, 0.3) is 0 Å². The summed E-state index contributed by atoms with van der Waals surface area (Å²) in [5.41, 5.74) is 0.373. The molecule has 2 atom stereocenters. The summed E-state index contributed by atoms with van der Waals surface area (Å²) in [6, 6.07) is 0. The first-order chi connectivity index (χ1) is 7.55. The van der Waals surface area contributed by atoms with E-state index in [-0.39, 0.29) is 0 Å². The molecule has 2 bridgehead atoms. The summed E-state index contributed by atoms with van der Waals surface area (Å²) >= 11 is 0. The van der Waals surface area contributed by atoms with E-state index < -0.39 is 0 Å². The van der Waals surface area contributed by atoms with Crippen molar-refractivity contribution < 1.29 is 0 Å². The van der Waals surface area contributed by atoms with E-state index in [0.29, 0.717) is 5.54 Å². The van der Waals surface area contributed by atoms with Crippen molar-refractivity contribution in [2.75, 3.05) is 13.1 Å². The highest BCUT2D eigenvalue weighted by atomic mass is 15.2. The fourth-order valence-corrected chi connectivity index (χ4v) is 3.46. The summed E-state index contributed by atoms with van der Waals surface area (Å²) < 4.78 is 0. The van der Waals surface area contributed by atoms with Crippen LogP contribution in [-0.2, 0) is 0 Å². The molecule has 3 rings (SSSR count). The maximum atomic E-state index is 2.77. The number of hydrogen-bond acceptors (Lipinski definition) is 1. The van der Waals surface area contributed by atoms with Crippen molar-refractivity contribution in [2.24, 2.45) is 11.8 Å². The molecule has 94 valence electrons. The van der Waals surface area contributed by atoms with E-state index in [0.717, 1.165) is 11.8 Å². The Hall–Kier alpha value is -0.0400. The second-order valence-electron chi connectivity index (χ2n) is 7.02. The third-order valence-corrected chi connectivity index (χ3v) is 4.61. The summed E-state index contributed by atoms with van der Waals surface area (Å²) in [7, 11) is 0. The van der Waals surface area contributed by atoms with E-state index in [1.54, 1.807) is 0 Å². The van der Waals surface area contributed by atoms with Gasteiger partial charge < -0.3 is 0 Å². The van der Waals surface area contributed by atoms with Crippen LogP contribution in [0.4, 0.5) is 0 Å². The molecule has 1 saturated carbocycles. The summed E-state index contributed by atoms with van der Waals surface area (Å²) in [6.07, 6.45) is 10.4. The number of rotatable bonds is 0. The Morgan fingerprint density at radius 1 is 0.750 bits per heavy atom. The molecule has 0 aromatic carbocycles. The zero-order chi connectivity index (χ0) is 11.6. The van der Waals surface area contributed by atoms with Crippen molar-refractivity contribution in [1.82, 2.24) is 4.90 Å². The monoisotopic (exact) mass is 223 g/mol. The Balaban J connectivity index is 2.11. The molecular formula is C15H29N. The van der Waals surface area contributed by atoms with Crippen LogP contribution in [0.5, 0.6) is 0 Å². The van der Waals surface area contributed by atoms with Crippen molar-refractivity contribution in [3.8, 4) is 0 Å². The Kier molecular flexibility index (Phi) is 3.94. The SMILES string of the molecule is CC(C)(C)N1CC2CCCCC(CCC2)C1. The predicted molar refractivity (Wildman–Crippen MR) is 70.6 cm³/mol. The van der Waals surface area contributed by atoms with Crippen LogP contribution < -0.4 is 0 Å². The number of nitrogens with zero attached hydrogens (tertiary/aromatic N) is 1. The lowest BCUT2D eigenvalue weighted by atomic mass is 9.89. The molecular weight excluding hydrogens is 194 g/mol. The molecule has 1 aliphatic carbocycles. The van der Waals surface area contributed by atoms with Gasteiger partial charge in [-0.15, -0.1) is 0 Å². The lowest BCUT2D eigenvalue weighted by molar-refractivity contribution is 0.0766. The molecule has 0 aromatic rings. The maximum absolute atomic E-state index is 2.77. The van der Waals surface area contributed by atoms with Gasteiger partial charge in [0.15, 0.2) is 0 Å². The van der Waals surface area contributed by atoms with Crippen LogP contribution in [0, 0.1) is 11.8 Å². The standard InChI is InChI=1S/C15H29N/c1-15(2,3)16-11-13-7-4-5-8-14(12-16)10-6-9-13/h13-14H,4-12H2,1-3H3. The molecule has 0 amide bonds. The van der Waals surface area contributed by atoms with Crippen molar-refractivity contribution in [3.63, 3.8) is 0 Å². The molecule has 2 unspecified atom stereocenters. The Morgan fingerprint density at radius 2 is 1.19 bits per heavy atom. The lowest BCUT2D eigenvalue weighted by Gasteiger charge is -2.41. The number of fused-ring (bicyclic) bond motifs is 7. The zero-order valence-corrected chi connectivity index (χ0v) is 11.5. The van der Waals surface area contributed by atoms with Gasteiger partial charge in [-0.1, -0.05) is 19.3 Å². The second kappa shape index (κ2) is 5.08. The molecule has 2 heterocycles. The van der Waals surface area contributed by atoms with Gasteiger partial charge in [-0.05, 0) is 58.3 Å². The molecule has 3 fully saturated rings. The van der Waals surface area contributed by atoms with Crippen molar-refractivity contribution in [3.05, 3.63) is 0 Å². The fraction of sp³-hybridized carbons (Fsp3) is 1.00. The summed E-state index contributed by atoms with van der Waals surface area (Å²) in [5, 5.41) is 0. The topological polar surface area (TPSA) is 3.24 Å². The molecule has 2 aliphatic heterocycles. The summed E-state index contributed by atoms with van der Waals surface area (Å²) in [5.74, 6) is 1.97. The van der Waals surface area contributed by atoms with E-state index in [1.165, 1.54) is 58.0 Å². The minimum atomic E-state index is 0.373. The van der Waals surface area contributed by atoms with E-state index >= 15 is 0 Å². The first-order valence-corrected chi connectivity index (χ1v) is 7.31. The zero-order valence-electron chi connectivity index (χ0n) is 11.5. The molecule has 0 N–H and O–H groups in total. The molecule has 16 heavy (non-hydrogen) atoms. The predicted octanol–water partition coefficient (Wildman–Crippen LogP) is 4.08. The van der Waals surface area contributed by atoms with Gasteiger partial charge in [-0.3, -0.25) is 4.90 Å². The van der Waals surface area contributed by atoms with E-state index in [1.807, 2.05) is 0 Å². The largest absolute Gasteiger partial charge is 0.298 e. The first kappa shape index (κ1) is 12.4. The van der Waals surface area contributed by atoms with Gasteiger partial charge >= 0.3 is 0 Å². The van der Waals surface area contributed by atoms with Gasteiger partial charge in [0.2, 0.25) is 0 Å². The molecule has 0 radical (unpaired) electrons. The van der Waals surface area contributed by atoms with Crippen LogP contribution >= 0.6 is 0 Å². The summed E-state index contributed by atoms with van der Waals surface area (Å²) in [6.45, 7) is 9.89. The summed E-state index contributed by atoms with van der Waals surface area (Å²) in [4.78, 5) is 2.77. The van der Waals surface area contributed by atoms with Gasteiger partial charge in [-0.2, -0.15) is 0 Å². The molecule has 3 aliphatic rings. The van der Waals surface area contributed by atoms with Crippen molar-refractivity contribution >= 4 is 0 Å². The minimum absolute atomic E-state index is 0.373. The Bertz CT molecular complexity index is 196. The molecule has 2 saturated heterocycles. The molecule has 0 aromatic heterocycles. The lowest BCUT2D eigenvalue weighted by Crippen LogP contribution is -2.47. The van der Waals surface area contributed by atoms with Gasteiger partial charge in [0, 0.05) is 18.6 Å². The minimum Gasteiger partial charge on any atom is -0.298 e. The second-order valence-corrected chi connectivity index (χ2v) is 7.02. The third kappa shape index (κ3) is 3.23. The van der Waals surface area contributed by atoms with Crippen LogP contribution in [0.15, 0.2) is 0 Å². The van der Waals surface area contributed by atoms with E-state index in [9.17, 15) is 0 Å². The van der Waals surface area contributed by atoms with Crippen LogP contribution in [0.2, 0.25) is 0 Å². The first-order valence-electron chi connectivity index (χ1n) is 7.31. The van der Waals surface area contributed by atoms with E-state index in [4.69, 9.17) is 0 Å². The fourth-order valence-electron chi connectivity index (χ4n) is 3.46. The highest BCUT2D eigenvalue weighted by molar-refractivity contribution is 4.84.